The largest absolute Gasteiger partial charge is 0.451 e. The van der Waals surface area contributed by atoms with Gasteiger partial charge in [-0.3, -0.25) is 4.79 Å². The third-order valence-corrected chi connectivity index (χ3v) is 4.85. The minimum Gasteiger partial charge on any atom is -0.451 e. The van der Waals surface area contributed by atoms with Crippen LogP contribution in [0.15, 0.2) is 65.1 Å². The van der Waals surface area contributed by atoms with Gasteiger partial charge in [0.05, 0.1) is 13.2 Å². The maximum Gasteiger partial charge on any atom is 0.287 e. The second-order valence-corrected chi connectivity index (χ2v) is 6.65. The molecule has 0 spiro atoms. The summed E-state index contributed by atoms with van der Waals surface area (Å²) in [5.41, 5.74) is 1.84. The number of rotatable bonds is 5. The van der Waals surface area contributed by atoms with Crippen LogP contribution in [0.1, 0.15) is 22.2 Å². The van der Waals surface area contributed by atoms with Crippen molar-refractivity contribution >= 4 is 16.9 Å². The van der Waals surface area contributed by atoms with Crippen LogP contribution >= 0.6 is 0 Å². The first-order valence-electron chi connectivity index (χ1n) is 9.05. The van der Waals surface area contributed by atoms with Crippen molar-refractivity contribution in [2.45, 2.75) is 6.04 Å². The molecule has 1 fully saturated rings. The highest BCUT2D eigenvalue weighted by molar-refractivity contribution is 5.96. The fraction of sp³-hybridized carbons (Fsp3) is 0.286. The Kier molecular flexibility index (Phi) is 5.00. The Morgan fingerprint density at radius 3 is 2.54 bits per heavy atom. The lowest BCUT2D eigenvalue weighted by atomic mass is 10.1. The van der Waals surface area contributed by atoms with E-state index in [-0.39, 0.29) is 11.9 Å². The molecule has 4 rings (SSSR count). The van der Waals surface area contributed by atoms with E-state index in [0.29, 0.717) is 5.76 Å². The van der Waals surface area contributed by atoms with Crippen LogP contribution in [-0.2, 0) is 4.74 Å². The molecule has 0 bridgehead atoms. The molecule has 5 nitrogen and oxygen atoms in total. The highest BCUT2D eigenvalue weighted by Crippen LogP contribution is 2.20. The average molecular weight is 351 g/mol. The Labute approximate surface area is 152 Å². The van der Waals surface area contributed by atoms with Crippen LogP contribution < -0.4 is 10.2 Å². The molecule has 2 N–H and O–H groups in total. The summed E-state index contributed by atoms with van der Waals surface area (Å²) in [5, 5.41) is 4.10. The molecule has 26 heavy (non-hydrogen) atoms. The fourth-order valence-corrected chi connectivity index (χ4v) is 3.41. The molecular weight excluding hydrogens is 328 g/mol. The zero-order valence-corrected chi connectivity index (χ0v) is 14.6. The predicted octanol–water partition coefficient (Wildman–Crippen LogP) is 1.82. The normalized spacial score (nSPS) is 16.5. The van der Waals surface area contributed by atoms with E-state index in [1.807, 2.05) is 42.5 Å². The van der Waals surface area contributed by atoms with Crippen molar-refractivity contribution in [3.05, 3.63) is 72.0 Å². The van der Waals surface area contributed by atoms with Crippen LogP contribution in [0.5, 0.6) is 0 Å². The van der Waals surface area contributed by atoms with E-state index in [2.05, 4.69) is 17.4 Å². The zero-order chi connectivity index (χ0) is 17.8. The fourth-order valence-electron chi connectivity index (χ4n) is 3.41. The van der Waals surface area contributed by atoms with Gasteiger partial charge in [-0.2, -0.15) is 0 Å². The Bertz CT molecular complexity index is 836. The number of carbonyl (C=O) groups is 1. The van der Waals surface area contributed by atoms with Gasteiger partial charge in [-0.1, -0.05) is 48.5 Å². The number of nitrogens with one attached hydrogen (secondary N) is 2. The molecule has 0 radical (unpaired) electrons. The van der Waals surface area contributed by atoms with Gasteiger partial charge < -0.3 is 19.4 Å². The van der Waals surface area contributed by atoms with E-state index in [0.717, 1.165) is 49.4 Å². The van der Waals surface area contributed by atoms with Gasteiger partial charge in [0.25, 0.3) is 5.91 Å². The summed E-state index contributed by atoms with van der Waals surface area (Å²) >= 11 is 0. The summed E-state index contributed by atoms with van der Waals surface area (Å²) in [5.74, 6) is 0.173. The number of hydrogen-bond donors (Lipinski definition) is 2. The molecule has 5 heteroatoms. The van der Waals surface area contributed by atoms with Crippen molar-refractivity contribution in [3.8, 4) is 0 Å². The maximum atomic E-state index is 12.8. The molecule has 1 saturated heterocycles. The quantitative estimate of drug-likeness (QED) is 0.737. The number of hydrogen-bond acceptors (Lipinski definition) is 3. The first-order valence-corrected chi connectivity index (χ1v) is 9.05. The second-order valence-electron chi connectivity index (χ2n) is 6.65. The Balaban J connectivity index is 1.54. The summed E-state index contributed by atoms with van der Waals surface area (Å²) in [6, 6.07) is 19.5. The number of para-hydroxylation sites is 1. The number of ether oxygens (including phenoxy) is 1. The molecule has 1 atom stereocenters. The monoisotopic (exact) mass is 351 g/mol. The van der Waals surface area contributed by atoms with Crippen LogP contribution in [0.25, 0.3) is 11.0 Å². The zero-order valence-electron chi connectivity index (χ0n) is 14.6. The number of fused-ring (bicyclic) bond motifs is 1. The van der Waals surface area contributed by atoms with Gasteiger partial charge in [0.15, 0.2) is 5.76 Å². The maximum absolute atomic E-state index is 12.8. The predicted molar refractivity (Wildman–Crippen MR) is 99.2 cm³/mol. The van der Waals surface area contributed by atoms with Crippen molar-refractivity contribution in [2.75, 3.05) is 32.8 Å². The van der Waals surface area contributed by atoms with Crippen molar-refractivity contribution < 1.29 is 18.8 Å². The second kappa shape index (κ2) is 7.72. The molecule has 0 saturated carbocycles. The number of amides is 1. The first-order chi connectivity index (χ1) is 12.8. The number of benzene rings is 2. The molecule has 1 aliphatic heterocycles. The average Bonchev–Trinajstić information content (AvgIpc) is 3.13. The smallest absolute Gasteiger partial charge is 0.287 e. The highest BCUT2D eigenvalue weighted by Gasteiger charge is 2.24. The van der Waals surface area contributed by atoms with Crippen LogP contribution in [0.2, 0.25) is 0 Å². The van der Waals surface area contributed by atoms with Gasteiger partial charge >= 0.3 is 0 Å². The van der Waals surface area contributed by atoms with Crippen LogP contribution in [0, 0.1) is 0 Å². The van der Waals surface area contributed by atoms with Crippen molar-refractivity contribution in [1.29, 1.82) is 0 Å². The lowest BCUT2D eigenvalue weighted by Crippen LogP contribution is -3.14. The molecule has 1 amide bonds. The van der Waals surface area contributed by atoms with E-state index in [1.165, 1.54) is 4.90 Å². The summed E-state index contributed by atoms with van der Waals surface area (Å²) < 4.78 is 11.2. The molecule has 1 aromatic heterocycles. The van der Waals surface area contributed by atoms with Crippen molar-refractivity contribution in [3.63, 3.8) is 0 Å². The minimum absolute atomic E-state index is 0.0648. The third kappa shape index (κ3) is 3.79. The minimum atomic E-state index is -0.178. The lowest BCUT2D eigenvalue weighted by molar-refractivity contribution is -0.909. The van der Waals surface area contributed by atoms with Crippen LogP contribution in [-0.4, -0.2) is 38.8 Å². The Morgan fingerprint density at radius 1 is 1.04 bits per heavy atom. The van der Waals surface area contributed by atoms with Crippen molar-refractivity contribution in [1.82, 2.24) is 5.32 Å². The van der Waals surface area contributed by atoms with E-state index < -0.39 is 0 Å². The molecule has 0 aliphatic carbocycles. The molecule has 0 unspecified atom stereocenters. The van der Waals surface area contributed by atoms with Crippen molar-refractivity contribution in [2.24, 2.45) is 0 Å². The van der Waals surface area contributed by atoms with Gasteiger partial charge in [0, 0.05) is 5.39 Å². The van der Waals surface area contributed by atoms with Gasteiger partial charge in [-0.05, 0) is 17.7 Å². The summed E-state index contributed by atoms with van der Waals surface area (Å²) in [6.07, 6.45) is 0. The van der Waals surface area contributed by atoms with Crippen LogP contribution in [0.3, 0.4) is 0 Å². The molecule has 134 valence electrons. The molecule has 3 aromatic rings. The summed E-state index contributed by atoms with van der Waals surface area (Å²) in [6.45, 7) is 4.30. The number of morpholine rings is 1. The number of furan rings is 1. The molecule has 1 aliphatic rings. The van der Waals surface area contributed by atoms with E-state index in [9.17, 15) is 4.79 Å². The van der Waals surface area contributed by atoms with E-state index in [1.54, 1.807) is 6.07 Å². The van der Waals surface area contributed by atoms with Crippen LogP contribution in [0.4, 0.5) is 0 Å². The highest BCUT2D eigenvalue weighted by atomic mass is 16.5. The number of carbonyl (C=O) groups excluding carboxylic acids is 1. The SMILES string of the molecule is O=C(N[C@@H](C[NH+]1CCOCC1)c1ccccc1)c1cc2ccccc2o1. The molecule has 2 heterocycles. The van der Waals surface area contributed by atoms with Gasteiger partial charge in [-0.25, -0.2) is 0 Å². The summed E-state index contributed by atoms with van der Waals surface area (Å²) in [7, 11) is 0. The lowest BCUT2D eigenvalue weighted by Gasteiger charge is -2.28. The van der Waals surface area contributed by atoms with E-state index >= 15 is 0 Å². The summed E-state index contributed by atoms with van der Waals surface area (Å²) in [4.78, 5) is 14.2. The third-order valence-electron chi connectivity index (χ3n) is 4.85. The Morgan fingerprint density at radius 2 is 1.77 bits per heavy atom. The Hall–Kier alpha value is -2.63. The van der Waals surface area contributed by atoms with Gasteiger partial charge in [-0.15, -0.1) is 0 Å². The molecule has 2 aromatic carbocycles. The number of quaternary nitrogens is 1. The topological polar surface area (TPSA) is 55.9 Å². The van der Waals surface area contributed by atoms with E-state index in [4.69, 9.17) is 9.15 Å². The van der Waals surface area contributed by atoms with Gasteiger partial charge in [0.1, 0.15) is 31.3 Å². The van der Waals surface area contributed by atoms with Gasteiger partial charge in [0.2, 0.25) is 0 Å². The standard InChI is InChI=1S/C21H22N2O3/c24-21(20-14-17-8-4-5-9-19(17)26-20)22-18(16-6-2-1-3-7-16)15-23-10-12-25-13-11-23/h1-9,14,18H,10-13,15H2,(H,22,24)/p+1/t18-/m0/s1. The molecular formula is C21H23N2O3+. The first kappa shape index (κ1) is 16.8.